The monoisotopic (exact) mass is 247 g/mol. The van der Waals surface area contributed by atoms with Crippen LogP contribution in [-0.4, -0.2) is 36.5 Å². The second kappa shape index (κ2) is 5.98. The molecule has 1 saturated heterocycles. The fraction of sp³-hybridized carbons (Fsp3) is 0.500. The molecule has 18 heavy (non-hydrogen) atoms. The molecule has 98 valence electrons. The van der Waals surface area contributed by atoms with Crippen molar-refractivity contribution in [2.45, 2.75) is 25.8 Å². The first kappa shape index (κ1) is 13.1. The smallest absolute Gasteiger partial charge is 0.238 e. The number of para-hydroxylation sites is 1. The fourth-order valence-corrected chi connectivity index (χ4v) is 2.34. The minimum Gasteiger partial charge on any atom is -0.327 e. The Hall–Kier alpha value is -1.39. The second-order valence-corrected chi connectivity index (χ2v) is 5.00. The molecule has 0 saturated carbocycles. The number of nitrogens with zero attached hydrogens (tertiary/aromatic N) is 1. The summed E-state index contributed by atoms with van der Waals surface area (Å²) in [5.41, 5.74) is 7.88. The normalized spacial score (nSPS) is 20.7. The number of nitrogens with two attached hydrogens (primary N) is 1. The van der Waals surface area contributed by atoms with E-state index in [-0.39, 0.29) is 11.9 Å². The summed E-state index contributed by atoms with van der Waals surface area (Å²) in [4.78, 5) is 14.1. The maximum Gasteiger partial charge on any atom is 0.238 e. The fourth-order valence-electron chi connectivity index (χ4n) is 2.34. The lowest BCUT2D eigenvalue weighted by Crippen LogP contribution is -2.45. The van der Waals surface area contributed by atoms with Crippen molar-refractivity contribution in [3.05, 3.63) is 29.8 Å². The summed E-state index contributed by atoms with van der Waals surface area (Å²) in [6.45, 7) is 4.21. The Morgan fingerprint density at radius 3 is 3.00 bits per heavy atom. The molecule has 0 aliphatic carbocycles. The number of hydrogen-bond acceptors (Lipinski definition) is 3. The highest BCUT2D eigenvalue weighted by Crippen LogP contribution is 2.13. The van der Waals surface area contributed by atoms with Crippen LogP contribution in [0.3, 0.4) is 0 Å². The highest BCUT2D eigenvalue weighted by molar-refractivity contribution is 5.92. The number of carbonyl (C=O) groups is 1. The van der Waals surface area contributed by atoms with Gasteiger partial charge in [-0.3, -0.25) is 9.69 Å². The predicted octanol–water partition coefficient (Wildman–Crippen LogP) is 1.36. The van der Waals surface area contributed by atoms with Gasteiger partial charge in [-0.05, 0) is 37.9 Å². The number of anilines is 1. The van der Waals surface area contributed by atoms with Gasteiger partial charge in [0.1, 0.15) is 0 Å². The molecule has 0 spiro atoms. The van der Waals surface area contributed by atoms with E-state index in [9.17, 15) is 4.79 Å². The van der Waals surface area contributed by atoms with Gasteiger partial charge in [-0.15, -0.1) is 0 Å². The maximum absolute atomic E-state index is 11.9. The van der Waals surface area contributed by atoms with Crippen molar-refractivity contribution in [3.8, 4) is 0 Å². The minimum absolute atomic E-state index is 0.0402. The van der Waals surface area contributed by atoms with Crippen LogP contribution in [0.5, 0.6) is 0 Å². The molecular formula is C14H21N3O. The molecule has 2 rings (SSSR count). The highest BCUT2D eigenvalue weighted by Gasteiger charge is 2.18. The summed E-state index contributed by atoms with van der Waals surface area (Å²) in [5, 5.41) is 2.95. The van der Waals surface area contributed by atoms with Gasteiger partial charge in [-0.1, -0.05) is 18.2 Å². The standard InChI is InChI=1S/C14H21N3O/c1-11-5-2-3-7-13(11)16-14(18)10-17-8-4-6-12(15)9-17/h2-3,5,7,12H,4,6,8-10,15H2,1H3,(H,16,18)/t12-/m1/s1. The lowest BCUT2D eigenvalue weighted by atomic mass is 10.1. The zero-order valence-corrected chi connectivity index (χ0v) is 10.9. The number of carbonyl (C=O) groups excluding carboxylic acids is 1. The van der Waals surface area contributed by atoms with Gasteiger partial charge in [0.25, 0.3) is 0 Å². The molecule has 0 radical (unpaired) electrons. The molecular weight excluding hydrogens is 226 g/mol. The number of likely N-dealkylation sites (tertiary alicyclic amines) is 1. The average Bonchev–Trinajstić information content (AvgIpc) is 2.32. The maximum atomic E-state index is 11.9. The van der Waals surface area contributed by atoms with Crippen LogP contribution in [0.15, 0.2) is 24.3 Å². The first-order valence-electron chi connectivity index (χ1n) is 6.48. The van der Waals surface area contributed by atoms with E-state index in [1.807, 2.05) is 31.2 Å². The van der Waals surface area contributed by atoms with Crippen LogP contribution in [0, 0.1) is 6.92 Å². The van der Waals surface area contributed by atoms with Crippen LogP contribution in [0.2, 0.25) is 0 Å². The second-order valence-electron chi connectivity index (χ2n) is 5.00. The van der Waals surface area contributed by atoms with E-state index in [1.54, 1.807) is 0 Å². The molecule has 0 unspecified atom stereocenters. The van der Waals surface area contributed by atoms with Gasteiger partial charge < -0.3 is 11.1 Å². The Morgan fingerprint density at radius 1 is 1.50 bits per heavy atom. The molecule has 1 amide bonds. The van der Waals surface area contributed by atoms with Crippen molar-refractivity contribution in [2.75, 3.05) is 25.0 Å². The Bertz CT molecular complexity index is 419. The van der Waals surface area contributed by atoms with Gasteiger partial charge >= 0.3 is 0 Å². The lowest BCUT2D eigenvalue weighted by Gasteiger charge is -2.30. The average molecular weight is 247 g/mol. The number of piperidine rings is 1. The topological polar surface area (TPSA) is 58.4 Å². The number of amides is 1. The Morgan fingerprint density at radius 2 is 2.28 bits per heavy atom. The van der Waals surface area contributed by atoms with Gasteiger partial charge in [0.15, 0.2) is 0 Å². The van der Waals surface area contributed by atoms with Crippen LogP contribution in [0.4, 0.5) is 5.69 Å². The van der Waals surface area contributed by atoms with Crippen LogP contribution < -0.4 is 11.1 Å². The highest BCUT2D eigenvalue weighted by atomic mass is 16.2. The van der Waals surface area contributed by atoms with E-state index in [2.05, 4.69) is 10.2 Å². The molecule has 1 aromatic carbocycles. The minimum atomic E-state index is 0.0402. The predicted molar refractivity (Wildman–Crippen MR) is 73.5 cm³/mol. The number of benzene rings is 1. The van der Waals surface area contributed by atoms with E-state index in [0.29, 0.717) is 6.54 Å². The van der Waals surface area contributed by atoms with Crippen molar-refractivity contribution in [1.29, 1.82) is 0 Å². The molecule has 1 aromatic rings. The van der Waals surface area contributed by atoms with Crippen LogP contribution in [0.25, 0.3) is 0 Å². The van der Waals surface area contributed by atoms with Gasteiger partial charge in [-0.2, -0.15) is 0 Å². The number of aryl methyl sites for hydroxylation is 1. The Kier molecular flexibility index (Phi) is 4.33. The molecule has 0 aromatic heterocycles. The lowest BCUT2D eigenvalue weighted by molar-refractivity contribution is -0.117. The number of hydrogen-bond donors (Lipinski definition) is 2. The quantitative estimate of drug-likeness (QED) is 0.848. The molecule has 4 heteroatoms. The molecule has 1 aliphatic rings. The van der Waals surface area contributed by atoms with E-state index >= 15 is 0 Å². The SMILES string of the molecule is Cc1ccccc1NC(=O)CN1CCC[C@@H](N)C1. The molecule has 0 bridgehead atoms. The molecule has 1 fully saturated rings. The summed E-state index contributed by atoms with van der Waals surface area (Å²) >= 11 is 0. The Labute approximate surface area is 108 Å². The third-order valence-corrected chi connectivity index (χ3v) is 3.33. The van der Waals surface area contributed by atoms with E-state index in [4.69, 9.17) is 5.73 Å². The third kappa shape index (κ3) is 3.55. The van der Waals surface area contributed by atoms with Gasteiger partial charge in [-0.25, -0.2) is 0 Å². The van der Waals surface area contributed by atoms with Gasteiger partial charge in [0.05, 0.1) is 6.54 Å². The zero-order valence-electron chi connectivity index (χ0n) is 10.9. The van der Waals surface area contributed by atoms with Crippen LogP contribution >= 0.6 is 0 Å². The molecule has 1 atom stereocenters. The Balaban J connectivity index is 1.87. The first-order valence-corrected chi connectivity index (χ1v) is 6.48. The van der Waals surface area contributed by atoms with Crippen molar-refractivity contribution >= 4 is 11.6 Å². The largest absolute Gasteiger partial charge is 0.327 e. The van der Waals surface area contributed by atoms with Gasteiger partial charge in [0.2, 0.25) is 5.91 Å². The van der Waals surface area contributed by atoms with Crippen molar-refractivity contribution in [1.82, 2.24) is 4.90 Å². The number of rotatable bonds is 3. The first-order chi connectivity index (χ1) is 8.65. The molecule has 1 aliphatic heterocycles. The molecule has 3 N–H and O–H groups in total. The van der Waals surface area contributed by atoms with Crippen molar-refractivity contribution in [3.63, 3.8) is 0 Å². The van der Waals surface area contributed by atoms with Crippen LogP contribution in [0.1, 0.15) is 18.4 Å². The summed E-state index contributed by atoms with van der Waals surface area (Å²) in [5.74, 6) is 0.0402. The van der Waals surface area contributed by atoms with E-state index in [0.717, 1.165) is 37.2 Å². The number of nitrogens with one attached hydrogen (secondary N) is 1. The summed E-state index contributed by atoms with van der Waals surface area (Å²) < 4.78 is 0. The van der Waals surface area contributed by atoms with E-state index < -0.39 is 0 Å². The molecule has 4 nitrogen and oxygen atoms in total. The summed E-state index contributed by atoms with van der Waals surface area (Å²) in [6.07, 6.45) is 2.15. The van der Waals surface area contributed by atoms with Crippen LogP contribution in [-0.2, 0) is 4.79 Å². The zero-order chi connectivity index (χ0) is 13.0. The van der Waals surface area contributed by atoms with Gasteiger partial charge in [0, 0.05) is 18.3 Å². The summed E-state index contributed by atoms with van der Waals surface area (Å²) in [6, 6.07) is 8.03. The van der Waals surface area contributed by atoms with Crippen molar-refractivity contribution < 1.29 is 4.79 Å². The van der Waals surface area contributed by atoms with E-state index in [1.165, 1.54) is 0 Å². The van der Waals surface area contributed by atoms with Crippen molar-refractivity contribution in [2.24, 2.45) is 5.73 Å². The third-order valence-electron chi connectivity index (χ3n) is 3.33. The summed E-state index contributed by atoms with van der Waals surface area (Å²) in [7, 11) is 0. The molecule has 1 heterocycles.